The Morgan fingerprint density at radius 3 is 2.71 bits per heavy atom. The van der Waals surface area contributed by atoms with Crippen molar-refractivity contribution >= 4 is 43.3 Å². The first-order valence-electron chi connectivity index (χ1n) is 3.89. The molecule has 0 saturated carbocycles. The quantitative estimate of drug-likeness (QED) is 0.855. The molecule has 0 aliphatic heterocycles. The molecule has 6 heteroatoms. The maximum absolute atomic E-state index is 10.7. The number of hydrogen-bond donors (Lipinski definition) is 1. The lowest BCUT2D eigenvalue weighted by molar-refractivity contribution is 0.0702. The van der Waals surface area contributed by atoms with Crippen LogP contribution in [0.3, 0.4) is 0 Å². The van der Waals surface area contributed by atoms with E-state index in [4.69, 9.17) is 5.11 Å². The number of carboxylic acid groups (broad SMARTS) is 1. The van der Waals surface area contributed by atoms with Crippen molar-refractivity contribution in [1.29, 1.82) is 0 Å². The number of anilines is 1. The summed E-state index contributed by atoms with van der Waals surface area (Å²) in [6.07, 6.45) is 0. The van der Waals surface area contributed by atoms with Gasteiger partial charge in [-0.3, -0.25) is 0 Å². The van der Waals surface area contributed by atoms with Crippen molar-refractivity contribution in [2.75, 3.05) is 19.0 Å². The molecule has 0 amide bonds. The number of thiophene rings is 1. The SMILES string of the molecule is CN(C)c1nc2sc(C(=O)O)cc2s1. The predicted molar refractivity (Wildman–Crippen MR) is 58.8 cm³/mol. The zero-order valence-electron chi connectivity index (χ0n) is 7.64. The van der Waals surface area contributed by atoms with Crippen LogP contribution in [0.5, 0.6) is 0 Å². The molecule has 0 fully saturated rings. The molecule has 1 N–H and O–H groups in total. The number of rotatable bonds is 2. The molecule has 0 radical (unpaired) electrons. The highest BCUT2D eigenvalue weighted by atomic mass is 32.1. The minimum absolute atomic E-state index is 0.351. The molecule has 2 rings (SSSR count). The minimum Gasteiger partial charge on any atom is -0.477 e. The van der Waals surface area contributed by atoms with Gasteiger partial charge < -0.3 is 10.0 Å². The van der Waals surface area contributed by atoms with Crippen molar-refractivity contribution in [2.45, 2.75) is 0 Å². The normalized spacial score (nSPS) is 10.7. The summed E-state index contributed by atoms with van der Waals surface area (Å²) in [5, 5.41) is 9.67. The van der Waals surface area contributed by atoms with E-state index in [1.807, 2.05) is 19.0 Å². The maximum atomic E-state index is 10.7. The summed E-state index contributed by atoms with van der Waals surface area (Å²) in [5.74, 6) is -0.883. The van der Waals surface area contributed by atoms with Gasteiger partial charge in [-0.05, 0) is 6.07 Å². The van der Waals surface area contributed by atoms with Gasteiger partial charge in [-0.1, -0.05) is 11.3 Å². The molecule has 0 bridgehead atoms. The molecule has 0 spiro atoms. The van der Waals surface area contributed by atoms with Crippen molar-refractivity contribution in [3.05, 3.63) is 10.9 Å². The average Bonchev–Trinajstić information content (AvgIpc) is 2.57. The maximum Gasteiger partial charge on any atom is 0.345 e. The molecule has 0 atom stereocenters. The Hall–Kier alpha value is -1.14. The first-order chi connectivity index (χ1) is 6.58. The minimum atomic E-state index is -0.883. The molecule has 0 aromatic carbocycles. The second-order valence-corrected chi connectivity index (χ2v) is 5.02. The van der Waals surface area contributed by atoms with E-state index in [9.17, 15) is 4.79 Å². The second-order valence-electron chi connectivity index (χ2n) is 2.98. The van der Waals surface area contributed by atoms with Gasteiger partial charge in [-0.2, -0.15) is 0 Å². The van der Waals surface area contributed by atoms with Gasteiger partial charge in [0.05, 0.1) is 4.70 Å². The molecular weight excluding hydrogens is 220 g/mol. The molecule has 0 saturated heterocycles. The molecule has 2 aromatic heterocycles. The van der Waals surface area contributed by atoms with Crippen molar-refractivity contribution in [3.63, 3.8) is 0 Å². The molecule has 2 heterocycles. The Balaban J connectivity index is 2.50. The fourth-order valence-electron chi connectivity index (χ4n) is 1.02. The number of hydrogen-bond acceptors (Lipinski definition) is 5. The van der Waals surface area contributed by atoms with Crippen LogP contribution in [0.4, 0.5) is 5.13 Å². The topological polar surface area (TPSA) is 53.4 Å². The number of thiazole rings is 1. The molecule has 4 nitrogen and oxygen atoms in total. The lowest BCUT2D eigenvalue weighted by atomic mass is 10.5. The molecule has 0 aliphatic carbocycles. The Morgan fingerprint density at radius 2 is 2.21 bits per heavy atom. The Morgan fingerprint density at radius 1 is 1.50 bits per heavy atom. The Bertz CT molecular complexity index is 455. The van der Waals surface area contributed by atoms with E-state index in [2.05, 4.69) is 4.98 Å². The molecule has 0 aliphatic rings. The third-order valence-electron chi connectivity index (χ3n) is 1.67. The van der Waals surface area contributed by atoms with E-state index in [1.165, 1.54) is 22.7 Å². The van der Waals surface area contributed by atoms with Crippen LogP contribution in [0.15, 0.2) is 6.07 Å². The highest BCUT2D eigenvalue weighted by Crippen LogP contribution is 2.33. The van der Waals surface area contributed by atoms with Gasteiger partial charge in [0.2, 0.25) is 0 Å². The fraction of sp³-hybridized carbons (Fsp3) is 0.250. The van der Waals surface area contributed by atoms with Gasteiger partial charge in [0.15, 0.2) is 5.13 Å². The van der Waals surface area contributed by atoms with E-state index in [1.54, 1.807) is 6.07 Å². The van der Waals surface area contributed by atoms with Gasteiger partial charge >= 0.3 is 5.97 Å². The third kappa shape index (κ3) is 1.46. The summed E-state index contributed by atoms with van der Waals surface area (Å²) in [7, 11) is 3.83. The molecule has 74 valence electrons. The summed E-state index contributed by atoms with van der Waals surface area (Å²) in [6.45, 7) is 0. The first kappa shape index (κ1) is 9.42. The van der Waals surface area contributed by atoms with Crippen molar-refractivity contribution in [1.82, 2.24) is 4.98 Å². The predicted octanol–water partition coefficient (Wildman–Crippen LogP) is 2.12. The van der Waals surface area contributed by atoms with E-state index in [0.29, 0.717) is 4.88 Å². The van der Waals surface area contributed by atoms with E-state index >= 15 is 0 Å². The summed E-state index contributed by atoms with van der Waals surface area (Å²) in [4.78, 5) is 18.0. The van der Waals surface area contributed by atoms with Crippen LogP contribution in [-0.2, 0) is 0 Å². The van der Waals surface area contributed by atoms with E-state index in [0.717, 1.165) is 14.7 Å². The van der Waals surface area contributed by atoms with Crippen molar-refractivity contribution in [3.8, 4) is 0 Å². The summed E-state index contributed by atoms with van der Waals surface area (Å²) in [6, 6.07) is 1.67. The third-order valence-corrected chi connectivity index (χ3v) is 3.99. The number of fused-ring (bicyclic) bond motifs is 1. The number of carboxylic acids is 1. The fourth-order valence-corrected chi connectivity index (χ4v) is 2.99. The van der Waals surface area contributed by atoms with Crippen LogP contribution in [0.1, 0.15) is 9.67 Å². The van der Waals surface area contributed by atoms with Crippen LogP contribution in [0, 0.1) is 0 Å². The van der Waals surface area contributed by atoms with Crippen LogP contribution in [0.2, 0.25) is 0 Å². The van der Waals surface area contributed by atoms with Gasteiger partial charge in [0, 0.05) is 14.1 Å². The van der Waals surface area contributed by atoms with Crippen LogP contribution >= 0.6 is 22.7 Å². The largest absolute Gasteiger partial charge is 0.477 e. The highest BCUT2D eigenvalue weighted by Gasteiger charge is 2.13. The number of carbonyl (C=O) groups is 1. The number of aromatic carboxylic acids is 1. The summed E-state index contributed by atoms with van der Waals surface area (Å²) >= 11 is 2.72. The summed E-state index contributed by atoms with van der Waals surface area (Å²) in [5.41, 5.74) is 0. The van der Waals surface area contributed by atoms with Crippen LogP contribution in [0.25, 0.3) is 9.53 Å². The first-order valence-corrected chi connectivity index (χ1v) is 5.52. The monoisotopic (exact) mass is 228 g/mol. The standard InChI is InChI=1S/C8H8N2O2S2/c1-10(2)8-9-6-4(14-8)3-5(13-6)7(11)12/h3H,1-2H3,(H,11,12). The van der Waals surface area contributed by atoms with Crippen LogP contribution in [-0.4, -0.2) is 30.2 Å². The molecular formula is C8H8N2O2S2. The zero-order chi connectivity index (χ0) is 10.3. The zero-order valence-corrected chi connectivity index (χ0v) is 9.28. The average molecular weight is 228 g/mol. The molecule has 2 aromatic rings. The second kappa shape index (κ2) is 3.21. The Kier molecular flexibility index (Phi) is 2.16. The molecule has 0 unspecified atom stereocenters. The number of nitrogens with zero attached hydrogens (tertiary/aromatic N) is 2. The van der Waals surface area contributed by atoms with Gasteiger partial charge in [0.1, 0.15) is 9.71 Å². The van der Waals surface area contributed by atoms with Gasteiger partial charge in [-0.25, -0.2) is 9.78 Å². The smallest absolute Gasteiger partial charge is 0.345 e. The lowest BCUT2D eigenvalue weighted by Crippen LogP contribution is -2.07. The van der Waals surface area contributed by atoms with Crippen LogP contribution < -0.4 is 4.90 Å². The van der Waals surface area contributed by atoms with Crippen molar-refractivity contribution in [2.24, 2.45) is 0 Å². The Labute approximate surface area is 88.4 Å². The summed E-state index contributed by atoms with van der Waals surface area (Å²) < 4.78 is 0.941. The van der Waals surface area contributed by atoms with E-state index in [-0.39, 0.29) is 0 Å². The van der Waals surface area contributed by atoms with Gasteiger partial charge in [0.25, 0.3) is 0 Å². The lowest BCUT2D eigenvalue weighted by Gasteiger charge is -2.04. The van der Waals surface area contributed by atoms with Gasteiger partial charge in [-0.15, -0.1) is 11.3 Å². The number of aromatic nitrogens is 1. The van der Waals surface area contributed by atoms with Crippen molar-refractivity contribution < 1.29 is 9.90 Å². The molecule has 14 heavy (non-hydrogen) atoms. The highest BCUT2D eigenvalue weighted by molar-refractivity contribution is 7.29. The van der Waals surface area contributed by atoms with E-state index < -0.39 is 5.97 Å².